The first kappa shape index (κ1) is 19.5. The number of aliphatic hydroxyl groups is 4. The minimum Gasteiger partial charge on any atom is -0.461 e. The maximum Gasteiger partial charge on any atom is 0.330 e. The van der Waals surface area contributed by atoms with E-state index in [9.17, 15) is 24.9 Å². The zero-order valence-electron chi connectivity index (χ0n) is 12.3. The molecule has 0 bridgehead atoms. The van der Waals surface area contributed by atoms with Crippen LogP contribution in [-0.4, -0.2) is 89.4 Å². The van der Waals surface area contributed by atoms with E-state index < -0.39 is 49.2 Å². The maximum absolute atomic E-state index is 11.5. The number of esters is 2. The van der Waals surface area contributed by atoms with E-state index in [1.165, 1.54) is 0 Å². The van der Waals surface area contributed by atoms with Crippen LogP contribution in [-0.2, 0) is 23.8 Å². The Labute approximate surface area is 132 Å². The van der Waals surface area contributed by atoms with Gasteiger partial charge < -0.3 is 34.6 Å². The molecule has 1 heterocycles. The van der Waals surface area contributed by atoms with Gasteiger partial charge in [0.15, 0.2) is 6.29 Å². The summed E-state index contributed by atoms with van der Waals surface area (Å²) in [6.45, 7) is 1.94. The summed E-state index contributed by atoms with van der Waals surface area (Å²) in [4.78, 5) is 22.2. The average Bonchev–Trinajstić information content (AvgIpc) is 2.54. The Kier molecular flexibility index (Phi) is 8.09. The van der Waals surface area contributed by atoms with Crippen molar-refractivity contribution in [3.05, 3.63) is 12.7 Å². The van der Waals surface area contributed by atoms with Gasteiger partial charge in [-0.3, -0.25) is 10.1 Å². The first-order valence-electron chi connectivity index (χ1n) is 6.89. The highest BCUT2D eigenvalue weighted by Crippen LogP contribution is 2.19. The van der Waals surface area contributed by atoms with Crippen molar-refractivity contribution in [2.75, 3.05) is 26.4 Å². The second-order valence-electron chi connectivity index (χ2n) is 4.73. The predicted octanol–water partition coefficient (Wildman–Crippen LogP) is -3.35. The lowest BCUT2D eigenvalue weighted by molar-refractivity contribution is -0.254. The summed E-state index contributed by atoms with van der Waals surface area (Å²) in [6.07, 6.45) is -4.54. The fourth-order valence-electron chi connectivity index (χ4n) is 1.93. The van der Waals surface area contributed by atoms with E-state index in [1.54, 1.807) is 0 Å². The number of hydrogen-bond acceptors (Lipinski definition) is 10. The van der Waals surface area contributed by atoms with Crippen molar-refractivity contribution < 1.29 is 44.2 Å². The number of carbonyl (C=O) groups excluding carboxylic acids is 2. The molecule has 1 fully saturated rings. The molecule has 10 heteroatoms. The van der Waals surface area contributed by atoms with Crippen molar-refractivity contribution in [1.29, 1.82) is 0 Å². The molecule has 1 unspecified atom stereocenters. The monoisotopic (exact) mass is 335 g/mol. The standard InChI is InChI=1S/C13H21NO9/c1-2-8(16)21-3-4-22-9(17)5-14-10-12(19)11(18)7(6-15)23-13(10)20/h2,7,10-15,18-20H,1,3-6H2/t7-,10-,11-,12-,13?/m1/s1. The van der Waals surface area contributed by atoms with E-state index in [4.69, 9.17) is 14.6 Å². The lowest BCUT2D eigenvalue weighted by Gasteiger charge is -2.40. The van der Waals surface area contributed by atoms with Crippen LogP contribution in [0.15, 0.2) is 12.7 Å². The van der Waals surface area contributed by atoms with Crippen molar-refractivity contribution >= 4 is 11.9 Å². The number of aliphatic hydroxyl groups excluding tert-OH is 4. The van der Waals surface area contributed by atoms with Crippen molar-refractivity contribution in [1.82, 2.24) is 5.32 Å². The number of carbonyl (C=O) groups is 2. The van der Waals surface area contributed by atoms with Crippen LogP contribution in [0.25, 0.3) is 0 Å². The molecule has 0 aliphatic carbocycles. The van der Waals surface area contributed by atoms with E-state index >= 15 is 0 Å². The predicted molar refractivity (Wildman–Crippen MR) is 73.9 cm³/mol. The molecule has 0 radical (unpaired) electrons. The molecule has 1 saturated heterocycles. The maximum atomic E-state index is 11.5. The highest BCUT2D eigenvalue weighted by Gasteiger charge is 2.43. The molecule has 0 amide bonds. The molecule has 23 heavy (non-hydrogen) atoms. The summed E-state index contributed by atoms with van der Waals surface area (Å²) < 4.78 is 14.3. The van der Waals surface area contributed by atoms with Crippen molar-refractivity contribution in [3.63, 3.8) is 0 Å². The number of rotatable bonds is 8. The third-order valence-electron chi connectivity index (χ3n) is 3.14. The van der Waals surface area contributed by atoms with Crippen molar-refractivity contribution in [2.24, 2.45) is 0 Å². The smallest absolute Gasteiger partial charge is 0.330 e. The SMILES string of the molecule is C=CC(=O)OCCOC(=O)CN[C@H]1C(O)O[C@H](CO)[C@@H](O)[C@@H]1O. The fraction of sp³-hybridized carbons (Fsp3) is 0.692. The first-order valence-corrected chi connectivity index (χ1v) is 6.89. The first-order chi connectivity index (χ1) is 10.9. The topological polar surface area (TPSA) is 155 Å². The molecule has 0 aromatic carbocycles. The fourth-order valence-corrected chi connectivity index (χ4v) is 1.93. The van der Waals surface area contributed by atoms with Gasteiger partial charge in [-0.05, 0) is 0 Å². The van der Waals surface area contributed by atoms with Crippen LogP contribution in [0.3, 0.4) is 0 Å². The second-order valence-corrected chi connectivity index (χ2v) is 4.73. The van der Waals surface area contributed by atoms with E-state index in [1.807, 2.05) is 0 Å². The highest BCUT2D eigenvalue weighted by molar-refractivity contribution is 5.81. The van der Waals surface area contributed by atoms with E-state index in [0.717, 1.165) is 6.08 Å². The number of hydrogen-bond donors (Lipinski definition) is 5. The van der Waals surface area contributed by atoms with Gasteiger partial charge in [0, 0.05) is 6.08 Å². The summed E-state index contributed by atoms with van der Waals surface area (Å²) >= 11 is 0. The lowest BCUT2D eigenvalue weighted by atomic mass is 9.97. The van der Waals surface area contributed by atoms with E-state index in [-0.39, 0.29) is 19.8 Å². The average molecular weight is 335 g/mol. The van der Waals surface area contributed by atoms with Crippen LogP contribution in [0.4, 0.5) is 0 Å². The van der Waals surface area contributed by atoms with Gasteiger partial charge in [-0.1, -0.05) is 6.58 Å². The molecule has 0 spiro atoms. The Morgan fingerprint density at radius 2 is 1.83 bits per heavy atom. The minimum atomic E-state index is -1.52. The normalized spacial score (nSPS) is 30.5. The summed E-state index contributed by atoms with van der Waals surface area (Å²) in [7, 11) is 0. The van der Waals surface area contributed by atoms with Gasteiger partial charge in [-0.2, -0.15) is 0 Å². The second kappa shape index (κ2) is 9.55. The zero-order valence-corrected chi connectivity index (χ0v) is 12.3. The van der Waals surface area contributed by atoms with Crippen LogP contribution in [0, 0.1) is 0 Å². The molecule has 1 aliphatic heterocycles. The molecule has 10 nitrogen and oxygen atoms in total. The van der Waals surface area contributed by atoms with E-state index in [2.05, 4.69) is 16.6 Å². The van der Waals surface area contributed by atoms with Gasteiger partial charge in [0.2, 0.25) is 0 Å². The van der Waals surface area contributed by atoms with Gasteiger partial charge in [0.25, 0.3) is 0 Å². The Morgan fingerprint density at radius 3 is 2.43 bits per heavy atom. The summed E-state index contributed by atoms with van der Waals surface area (Å²) in [5.74, 6) is -1.37. The zero-order chi connectivity index (χ0) is 17.4. The highest BCUT2D eigenvalue weighted by atomic mass is 16.6. The van der Waals surface area contributed by atoms with Crippen LogP contribution < -0.4 is 5.32 Å². The molecule has 0 saturated carbocycles. The Bertz CT molecular complexity index is 416. The van der Waals surface area contributed by atoms with Gasteiger partial charge >= 0.3 is 11.9 Å². The molecule has 5 atom stereocenters. The van der Waals surface area contributed by atoms with Gasteiger partial charge in [-0.15, -0.1) is 0 Å². The molecular weight excluding hydrogens is 314 g/mol. The molecule has 1 aliphatic rings. The summed E-state index contributed by atoms with van der Waals surface area (Å²) in [5, 5.41) is 40.6. The molecule has 1 rings (SSSR count). The lowest BCUT2D eigenvalue weighted by Crippen LogP contribution is -2.63. The van der Waals surface area contributed by atoms with Gasteiger partial charge in [0.05, 0.1) is 19.2 Å². The Morgan fingerprint density at radius 1 is 1.17 bits per heavy atom. The third-order valence-corrected chi connectivity index (χ3v) is 3.14. The Hall–Kier alpha value is -1.56. The summed E-state index contributed by atoms with van der Waals surface area (Å²) in [6, 6.07) is -1.14. The molecule has 0 aromatic heterocycles. The van der Waals surface area contributed by atoms with Crippen LogP contribution >= 0.6 is 0 Å². The van der Waals surface area contributed by atoms with Crippen molar-refractivity contribution in [2.45, 2.75) is 30.6 Å². The molecule has 0 aromatic rings. The Balaban J connectivity index is 2.32. The van der Waals surface area contributed by atoms with Crippen LogP contribution in [0.1, 0.15) is 0 Å². The molecular formula is C13H21NO9. The van der Waals surface area contributed by atoms with E-state index in [0.29, 0.717) is 0 Å². The largest absolute Gasteiger partial charge is 0.461 e. The van der Waals surface area contributed by atoms with Crippen molar-refractivity contribution in [3.8, 4) is 0 Å². The minimum absolute atomic E-state index is 0.134. The van der Waals surface area contributed by atoms with Crippen LogP contribution in [0.2, 0.25) is 0 Å². The molecule has 5 N–H and O–H groups in total. The van der Waals surface area contributed by atoms with Crippen LogP contribution in [0.5, 0.6) is 0 Å². The number of nitrogens with one attached hydrogen (secondary N) is 1. The van der Waals surface area contributed by atoms with Gasteiger partial charge in [0.1, 0.15) is 31.5 Å². The quantitative estimate of drug-likeness (QED) is 0.173. The molecule has 132 valence electrons. The number of ether oxygens (including phenoxy) is 3. The summed E-state index contributed by atoms with van der Waals surface area (Å²) in [5.41, 5.74) is 0. The third kappa shape index (κ3) is 5.86. The van der Waals surface area contributed by atoms with Gasteiger partial charge in [-0.25, -0.2) is 4.79 Å².